The maximum atomic E-state index is 5.35. The van der Waals surface area contributed by atoms with Crippen LogP contribution < -0.4 is 25.4 Å². The monoisotopic (exact) mass is 498 g/mol. The van der Waals surface area contributed by atoms with Crippen LogP contribution in [0, 0.1) is 0 Å². The number of methoxy groups -OCH3 is 2. The quantitative estimate of drug-likeness (QED) is 0.203. The third kappa shape index (κ3) is 8.24. The van der Waals surface area contributed by atoms with Gasteiger partial charge in [-0.15, -0.1) is 24.0 Å². The van der Waals surface area contributed by atoms with E-state index in [1.54, 1.807) is 21.3 Å². The van der Waals surface area contributed by atoms with Crippen molar-refractivity contribution in [2.75, 3.05) is 46.2 Å². The van der Waals surface area contributed by atoms with E-state index < -0.39 is 0 Å². The average molecular weight is 498 g/mol. The Morgan fingerprint density at radius 1 is 0.893 bits per heavy atom. The molecule has 0 unspecified atom stereocenters. The minimum Gasteiger partial charge on any atom is -0.493 e. The van der Waals surface area contributed by atoms with Gasteiger partial charge in [0, 0.05) is 32.4 Å². The molecular formula is C21H31IN4O2. The third-order valence-corrected chi connectivity index (χ3v) is 4.13. The van der Waals surface area contributed by atoms with Crippen molar-refractivity contribution in [3.63, 3.8) is 0 Å². The van der Waals surface area contributed by atoms with Gasteiger partial charge in [0.2, 0.25) is 0 Å². The molecule has 6 nitrogen and oxygen atoms in total. The standard InChI is InChI=1S/C21H30N4O2.HI/c1-22-21(24-14-7-13-23-18-8-5-4-6-9-18)25-15-12-17-10-11-19(26-2)20(16-17)27-3;/h4-6,8-11,16,23H,7,12-15H2,1-3H3,(H2,22,24,25);1H. The predicted molar refractivity (Wildman–Crippen MR) is 128 cm³/mol. The number of nitrogens with one attached hydrogen (secondary N) is 3. The van der Waals surface area contributed by atoms with Crippen molar-refractivity contribution < 1.29 is 9.47 Å². The summed E-state index contributed by atoms with van der Waals surface area (Å²) in [4.78, 5) is 4.27. The molecule has 0 aromatic heterocycles. The fraction of sp³-hybridized carbons (Fsp3) is 0.381. The molecule has 0 fully saturated rings. The van der Waals surface area contributed by atoms with Crippen molar-refractivity contribution in [3.8, 4) is 11.5 Å². The average Bonchev–Trinajstić information content (AvgIpc) is 2.72. The van der Waals surface area contributed by atoms with E-state index in [9.17, 15) is 0 Å². The minimum absolute atomic E-state index is 0. The number of benzene rings is 2. The summed E-state index contributed by atoms with van der Waals surface area (Å²) in [6.45, 7) is 2.56. The second-order valence-corrected chi connectivity index (χ2v) is 6.01. The Labute approximate surface area is 185 Å². The fourth-order valence-electron chi connectivity index (χ4n) is 2.67. The summed E-state index contributed by atoms with van der Waals surface area (Å²) in [5.74, 6) is 2.31. The number of para-hydroxylation sites is 1. The molecule has 2 aromatic carbocycles. The first-order valence-electron chi connectivity index (χ1n) is 9.21. The van der Waals surface area contributed by atoms with E-state index >= 15 is 0 Å². The van der Waals surface area contributed by atoms with Crippen LogP contribution in [0.3, 0.4) is 0 Å². The molecular weight excluding hydrogens is 467 g/mol. The number of ether oxygens (including phenoxy) is 2. The van der Waals surface area contributed by atoms with Gasteiger partial charge in [-0.05, 0) is 42.7 Å². The van der Waals surface area contributed by atoms with Crippen molar-refractivity contribution in [2.24, 2.45) is 4.99 Å². The zero-order valence-electron chi connectivity index (χ0n) is 16.8. The number of guanidine groups is 1. The molecule has 0 atom stereocenters. The maximum Gasteiger partial charge on any atom is 0.190 e. The van der Waals surface area contributed by atoms with E-state index in [4.69, 9.17) is 9.47 Å². The molecule has 2 aromatic rings. The zero-order valence-corrected chi connectivity index (χ0v) is 19.2. The first-order valence-corrected chi connectivity index (χ1v) is 9.21. The number of anilines is 1. The Morgan fingerprint density at radius 2 is 1.61 bits per heavy atom. The predicted octanol–water partition coefficient (Wildman–Crippen LogP) is 3.53. The minimum atomic E-state index is 0. The molecule has 0 aliphatic rings. The van der Waals surface area contributed by atoms with Gasteiger partial charge < -0.3 is 25.4 Å². The van der Waals surface area contributed by atoms with Crippen molar-refractivity contribution >= 4 is 35.6 Å². The molecule has 2 rings (SSSR count). The normalized spacial score (nSPS) is 10.6. The van der Waals surface area contributed by atoms with E-state index in [1.807, 2.05) is 30.3 Å². The highest BCUT2D eigenvalue weighted by atomic mass is 127. The molecule has 0 spiro atoms. The van der Waals surface area contributed by atoms with E-state index in [-0.39, 0.29) is 24.0 Å². The van der Waals surface area contributed by atoms with Crippen molar-refractivity contribution in [2.45, 2.75) is 12.8 Å². The molecule has 0 saturated heterocycles. The Balaban J connectivity index is 0.00000392. The van der Waals surface area contributed by atoms with Gasteiger partial charge in [0.1, 0.15) is 0 Å². The summed E-state index contributed by atoms with van der Waals surface area (Å²) >= 11 is 0. The molecule has 154 valence electrons. The van der Waals surface area contributed by atoms with Gasteiger partial charge >= 0.3 is 0 Å². The molecule has 28 heavy (non-hydrogen) atoms. The lowest BCUT2D eigenvalue weighted by Crippen LogP contribution is -2.39. The van der Waals surface area contributed by atoms with Crippen LogP contribution in [0.5, 0.6) is 11.5 Å². The van der Waals surface area contributed by atoms with Crippen molar-refractivity contribution in [1.82, 2.24) is 10.6 Å². The molecule has 3 N–H and O–H groups in total. The molecule has 7 heteroatoms. The molecule has 0 saturated carbocycles. The lowest BCUT2D eigenvalue weighted by atomic mass is 10.1. The smallest absolute Gasteiger partial charge is 0.190 e. The van der Waals surface area contributed by atoms with Gasteiger partial charge in [-0.25, -0.2) is 0 Å². The van der Waals surface area contributed by atoms with E-state index in [0.29, 0.717) is 0 Å². The van der Waals surface area contributed by atoms with Gasteiger partial charge in [0.05, 0.1) is 14.2 Å². The van der Waals surface area contributed by atoms with Crippen LogP contribution in [0.4, 0.5) is 5.69 Å². The summed E-state index contributed by atoms with van der Waals surface area (Å²) in [5, 5.41) is 10.1. The maximum absolute atomic E-state index is 5.35. The van der Waals surface area contributed by atoms with Gasteiger partial charge in [0.15, 0.2) is 17.5 Å². The van der Waals surface area contributed by atoms with E-state index in [1.165, 1.54) is 5.56 Å². The number of rotatable bonds is 10. The molecule has 0 amide bonds. The van der Waals surface area contributed by atoms with Crippen molar-refractivity contribution in [3.05, 3.63) is 54.1 Å². The zero-order chi connectivity index (χ0) is 19.3. The van der Waals surface area contributed by atoms with Crippen LogP contribution >= 0.6 is 24.0 Å². The van der Waals surface area contributed by atoms with Crippen LogP contribution in [0.25, 0.3) is 0 Å². The number of nitrogens with zero attached hydrogens (tertiary/aromatic N) is 1. The number of halogens is 1. The van der Waals surface area contributed by atoms with Gasteiger partial charge in [0.25, 0.3) is 0 Å². The summed E-state index contributed by atoms with van der Waals surface area (Å²) in [6, 6.07) is 16.2. The lowest BCUT2D eigenvalue weighted by Gasteiger charge is -2.13. The number of aliphatic imine (C=N–C) groups is 1. The lowest BCUT2D eigenvalue weighted by molar-refractivity contribution is 0.354. The SMILES string of the molecule is CN=C(NCCCNc1ccccc1)NCCc1ccc(OC)c(OC)c1.I. The second kappa shape index (κ2) is 13.9. The summed E-state index contributed by atoms with van der Waals surface area (Å²) in [6.07, 6.45) is 1.88. The topological polar surface area (TPSA) is 66.9 Å². The highest BCUT2D eigenvalue weighted by Gasteiger charge is 2.05. The highest BCUT2D eigenvalue weighted by molar-refractivity contribution is 14.0. The molecule has 0 aliphatic carbocycles. The molecule has 0 aliphatic heterocycles. The Bertz CT molecular complexity index is 711. The largest absolute Gasteiger partial charge is 0.493 e. The second-order valence-electron chi connectivity index (χ2n) is 6.01. The Morgan fingerprint density at radius 3 is 2.29 bits per heavy atom. The van der Waals surface area contributed by atoms with Crippen LogP contribution in [-0.4, -0.2) is 46.9 Å². The van der Waals surface area contributed by atoms with Crippen LogP contribution in [0.15, 0.2) is 53.5 Å². The fourth-order valence-corrected chi connectivity index (χ4v) is 2.67. The number of hydrogen-bond donors (Lipinski definition) is 3. The molecule has 0 bridgehead atoms. The Hall–Kier alpha value is -2.16. The van der Waals surface area contributed by atoms with Crippen LogP contribution in [-0.2, 0) is 6.42 Å². The van der Waals surface area contributed by atoms with Gasteiger partial charge in [-0.3, -0.25) is 4.99 Å². The van der Waals surface area contributed by atoms with Crippen LogP contribution in [0.2, 0.25) is 0 Å². The highest BCUT2D eigenvalue weighted by Crippen LogP contribution is 2.27. The summed E-state index contributed by atoms with van der Waals surface area (Å²) in [7, 11) is 5.08. The summed E-state index contributed by atoms with van der Waals surface area (Å²) < 4.78 is 10.6. The third-order valence-electron chi connectivity index (χ3n) is 4.13. The van der Waals surface area contributed by atoms with Crippen LogP contribution in [0.1, 0.15) is 12.0 Å². The summed E-state index contributed by atoms with van der Waals surface area (Å²) in [5.41, 5.74) is 2.33. The Kier molecular flexibility index (Phi) is 11.9. The van der Waals surface area contributed by atoms with E-state index in [2.05, 4.69) is 39.1 Å². The van der Waals surface area contributed by atoms with Crippen molar-refractivity contribution in [1.29, 1.82) is 0 Å². The van der Waals surface area contributed by atoms with Gasteiger partial charge in [-0.1, -0.05) is 24.3 Å². The number of hydrogen-bond acceptors (Lipinski definition) is 4. The van der Waals surface area contributed by atoms with E-state index in [0.717, 1.165) is 55.6 Å². The molecule has 0 radical (unpaired) electrons. The first kappa shape index (κ1) is 23.9. The first-order chi connectivity index (χ1) is 13.3. The van der Waals surface area contributed by atoms with Gasteiger partial charge in [-0.2, -0.15) is 0 Å². The molecule has 0 heterocycles.